The van der Waals surface area contributed by atoms with Crippen molar-refractivity contribution in [3.8, 4) is 0 Å². The van der Waals surface area contributed by atoms with Crippen LogP contribution < -0.4 is 5.32 Å². The maximum Gasteiger partial charge on any atom is 0.335 e. The van der Waals surface area contributed by atoms with Crippen molar-refractivity contribution < 1.29 is 9.90 Å². The molecule has 19 heavy (non-hydrogen) atoms. The Morgan fingerprint density at radius 1 is 1.26 bits per heavy atom. The molecular formula is C13H15N3O2S. The number of hydrogen-bond donors (Lipinski definition) is 2. The number of carboxylic acids is 1. The smallest absolute Gasteiger partial charge is 0.335 e. The van der Waals surface area contributed by atoms with Crippen LogP contribution in [-0.4, -0.2) is 20.4 Å². The zero-order valence-corrected chi connectivity index (χ0v) is 11.8. The summed E-state index contributed by atoms with van der Waals surface area (Å²) in [7, 11) is 0. The summed E-state index contributed by atoms with van der Waals surface area (Å²) in [5, 5.41) is 12.6. The Bertz CT molecular complexity index is 585. The highest BCUT2D eigenvalue weighted by Gasteiger charge is 2.19. The molecule has 100 valence electrons. The first kappa shape index (κ1) is 13.5. The van der Waals surface area contributed by atoms with Gasteiger partial charge in [0.25, 0.3) is 0 Å². The third-order valence-corrected chi connectivity index (χ3v) is 3.11. The van der Waals surface area contributed by atoms with Gasteiger partial charge in [0, 0.05) is 22.6 Å². The molecule has 0 saturated heterocycles. The second-order valence-corrected chi connectivity index (χ2v) is 5.93. The van der Waals surface area contributed by atoms with Crippen molar-refractivity contribution in [3.63, 3.8) is 0 Å². The summed E-state index contributed by atoms with van der Waals surface area (Å²) in [6, 6.07) is 6.52. The Morgan fingerprint density at radius 3 is 2.37 bits per heavy atom. The normalized spacial score (nSPS) is 11.3. The molecule has 0 radical (unpaired) electrons. The molecule has 5 nitrogen and oxygen atoms in total. The van der Waals surface area contributed by atoms with E-state index >= 15 is 0 Å². The Kier molecular flexibility index (Phi) is 3.53. The second-order valence-electron chi connectivity index (χ2n) is 5.18. The lowest BCUT2D eigenvalue weighted by molar-refractivity contribution is 0.0697. The molecule has 0 fully saturated rings. The SMILES string of the molecule is CC(C)(C)c1nsc(Nc2ccc(C(=O)O)cc2)n1. The summed E-state index contributed by atoms with van der Waals surface area (Å²) in [4.78, 5) is 15.2. The van der Waals surface area contributed by atoms with Crippen molar-refractivity contribution in [2.24, 2.45) is 0 Å². The van der Waals surface area contributed by atoms with E-state index in [0.717, 1.165) is 11.5 Å². The van der Waals surface area contributed by atoms with Crippen molar-refractivity contribution in [1.82, 2.24) is 9.36 Å². The van der Waals surface area contributed by atoms with E-state index < -0.39 is 5.97 Å². The highest BCUT2D eigenvalue weighted by molar-refractivity contribution is 7.09. The molecule has 0 aliphatic heterocycles. The lowest BCUT2D eigenvalue weighted by atomic mass is 9.96. The van der Waals surface area contributed by atoms with E-state index in [1.165, 1.54) is 11.5 Å². The number of rotatable bonds is 3. The Labute approximate surface area is 115 Å². The number of carboxylic acid groups (broad SMARTS) is 1. The van der Waals surface area contributed by atoms with Gasteiger partial charge in [0.05, 0.1) is 5.56 Å². The summed E-state index contributed by atoms with van der Waals surface area (Å²) in [5.41, 5.74) is 0.976. The average molecular weight is 277 g/mol. The van der Waals surface area contributed by atoms with E-state index in [-0.39, 0.29) is 11.0 Å². The van der Waals surface area contributed by atoms with Crippen LogP contribution in [0.15, 0.2) is 24.3 Å². The van der Waals surface area contributed by atoms with Gasteiger partial charge in [-0.15, -0.1) is 0 Å². The molecular weight excluding hydrogens is 262 g/mol. The monoisotopic (exact) mass is 277 g/mol. The first-order valence-corrected chi connectivity index (χ1v) is 6.58. The molecule has 2 rings (SSSR count). The number of carbonyl (C=O) groups is 1. The quantitative estimate of drug-likeness (QED) is 0.900. The van der Waals surface area contributed by atoms with Gasteiger partial charge in [0.15, 0.2) is 0 Å². The molecule has 0 unspecified atom stereocenters. The maximum absolute atomic E-state index is 10.7. The summed E-state index contributed by atoms with van der Waals surface area (Å²) in [6.07, 6.45) is 0. The number of benzene rings is 1. The number of nitrogens with one attached hydrogen (secondary N) is 1. The Morgan fingerprint density at radius 2 is 1.89 bits per heavy atom. The number of aromatic nitrogens is 2. The molecule has 2 aromatic rings. The van der Waals surface area contributed by atoms with Crippen molar-refractivity contribution >= 4 is 28.3 Å². The molecule has 1 heterocycles. The molecule has 1 aromatic carbocycles. The van der Waals surface area contributed by atoms with Crippen molar-refractivity contribution in [2.45, 2.75) is 26.2 Å². The Hall–Kier alpha value is -1.95. The molecule has 0 aliphatic carbocycles. The van der Waals surface area contributed by atoms with E-state index in [1.807, 2.05) is 0 Å². The maximum atomic E-state index is 10.7. The van der Waals surface area contributed by atoms with E-state index in [0.29, 0.717) is 5.13 Å². The van der Waals surface area contributed by atoms with Gasteiger partial charge in [-0.25, -0.2) is 9.78 Å². The molecule has 2 N–H and O–H groups in total. The standard InChI is InChI=1S/C13H15N3O2S/c1-13(2,3)11-15-12(19-16-11)14-9-6-4-8(5-7-9)10(17)18/h4-7H,1-3H3,(H,17,18)(H,14,15,16). The van der Waals surface area contributed by atoms with Crippen molar-refractivity contribution in [1.29, 1.82) is 0 Å². The lowest BCUT2D eigenvalue weighted by Crippen LogP contribution is -2.13. The van der Waals surface area contributed by atoms with Crippen molar-refractivity contribution in [2.75, 3.05) is 5.32 Å². The third-order valence-electron chi connectivity index (χ3n) is 2.48. The lowest BCUT2D eigenvalue weighted by Gasteiger charge is -2.12. The van der Waals surface area contributed by atoms with E-state index in [9.17, 15) is 4.79 Å². The van der Waals surface area contributed by atoms with E-state index in [1.54, 1.807) is 24.3 Å². The molecule has 0 spiro atoms. The topological polar surface area (TPSA) is 75.1 Å². The van der Waals surface area contributed by atoms with Crippen LogP contribution in [0.5, 0.6) is 0 Å². The van der Waals surface area contributed by atoms with E-state index in [4.69, 9.17) is 5.11 Å². The summed E-state index contributed by atoms with van der Waals surface area (Å²) >= 11 is 1.29. The fourth-order valence-corrected chi connectivity index (χ4v) is 2.18. The molecule has 1 aromatic heterocycles. The first-order chi connectivity index (χ1) is 8.86. The predicted molar refractivity (Wildman–Crippen MR) is 75.3 cm³/mol. The van der Waals surface area contributed by atoms with Crippen LogP contribution in [-0.2, 0) is 5.41 Å². The molecule has 0 atom stereocenters. The minimum absolute atomic E-state index is 0.0798. The van der Waals surface area contributed by atoms with Crippen LogP contribution in [0.25, 0.3) is 0 Å². The van der Waals surface area contributed by atoms with Gasteiger partial charge in [-0.2, -0.15) is 4.37 Å². The van der Waals surface area contributed by atoms with Gasteiger partial charge in [0.1, 0.15) is 5.82 Å². The Balaban J connectivity index is 2.13. The minimum atomic E-state index is -0.933. The zero-order valence-electron chi connectivity index (χ0n) is 11.0. The highest BCUT2D eigenvalue weighted by atomic mass is 32.1. The van der Waals surface area contributed by atoms with Gasteiger partial charge in [-0.05, 0) is 24.3 Å². The van der Waals surface area contributed by atoms with Gasteiger partial charge in [-0.3, -0.25) is 0 Å². The molecule has 6 heteroatoms. The number of hydrogen-bond acceptors (Lipinski definition) is 5. The molecule has 0 amide bonds. The van der Waals surface area contributed by atoms with Crippen LogP contribution in [0.3, 0.4) is 0 Å². The predicted octanol–water partition coefficient (Wildman–Crippen LogP) is 3.28. The van der Waals surface area contributed by atoms with E-state index in [2.05, 4.69) is 35.4 Å². The summed E-state index contributed by atoms with van der Waals surface area (Å²) in [6.45, 7) is 6.17. The zero-order chi connectivity index (χ0) is 14.0. The first-order valence-electron chi connectivity index (χ1n) is 5.81. The van der Waals surface area contributed by atoms with Crippen LogP contribution in [0.2, 0.25) is 0 Å². The third kappa shape index (κ3) is 3.29. The molecule has 0 bridgehead atoms. The van der Waals surface area contributed by atoms with Gasteiger partial charge < -0.3 is 10.4 Å². The minimum Gasteiger partial charge on any atom is -0.478 e. The molecule has 0 saturated carbocycles. The number of aromatic carboxylic acids is 1. The fourth-order valence-electron chi connectivity index (χ4n) is 1.40. The van der Waals surface area contributed by atoms with Crippen LogP contribution in [0.1, 0.15) is 37.0 Å². The van der Waals surface area contributed by atoms with Crippen LogP contribution in [0, 0.1) is 0 Å². The number of nitrogens with zero attached hydrogens (tertiary/aromatic N) is 2. The van der Waals surface area contributed by atoms with Crippen molar-refractivity contribution in [3.05, 3.63) is 35.7 Å². The van der Waals surface area contributed by atoms with Gasteiger partial charge in [0.2, 0.25) is 5.13 Å². The number of anilines is 2. The second kappa shape index (κ2) is 4.97. The fraction of sp³-hybridized carbons (Fsp3) is 0.308. The summed E-state index contributed by atoms with van der Waals surface area (Å²) in [5.74, 6) is -0.139. The average Bonchev–Trinajstić information content (AvgIpc) is 2.78. The molecule has 0 aliphatic rings. The van der Waals surface area contributed by atoms with Gasteiger partial charge >= 0.3 is 5.97 Å². The van der Waals surface area contributed by atoms with Crippen LogP contribution >= 0.6 is 11.5 Å². The van der Waals surface area contributed by atoms with Crippen LogP contribution in [0.4, 0.5) is 10.8 Å². The largest absolute Gasteiger partial charge is 0.478 e. The van der Waals surface area contributed by atoms with Gasteiger partial charge in [-0.1, -0.05) is 20.8 Å². The summed E-state index contributed by atoms with van der Waals surface area (Å²) < 4.78 is 4.30. The highest BCUT2D eigenvalue weighted by Crippen LogP contribution is 2.25.